The maximum absolute atomic E-state index is 12.2. The van der Waals surface area contributed by atoms with Gasteiger partial charge in [0, 0.05) is 12.0 Å². The highest BCUT2D eigenvalue weighted by Crippen LogP contribution is 2.29. The maximum atomic E-state index is 12.2. The minimum absolute atomic E-state index is 0.0341. The van der Waals surface area contributed by atoms with E-state index >= 15 is 0 Å². The van der Waals surface area contributed by atoms with Gasteiger partial charge in [0.05, 0.1) is 5.69 Å². The van der Waals surface area contributed by atoms with Gasteiger partial charge in [-0.15, -0.1) is 0 Å². The van der Waals surface area contributed by atoms with Crippen LogP contribution in [-0.4, -0.2) is 18.6 Å². The number of rotatable bonds is 4. The summed E-state index contributed by atoms with van der Waals surface area (Å²) in [5.74, 6) is -0.388. The van der Waals surface area contributed by atoms with Crippen LogP contribution < -0.4 is 15.8 Å². The van der Waals surface area contributed by atoms with Crippen molar-refractivity contribution >= 4 is 11.6 Å². The van der Waals surface area contributed by atoms with Gasteiger partial charge in [-0.3, -0.25) is 4.79 Å². The summed E-state index contributed by atoms with van der Waals surface area (Å²) in [6, 6.07) is 6.18. The molecule has 1 saturated carbocycles. The van der Waals surface area contributed by atoms with Crippen molar-refractivity contribution in [1.82, 2.24) is 0 Å². The van der Waals surface area contributed by atoms with Gasteiger partial charge in [-0.2, -0.15) is 8.78 Å². The van der Waals surface area contributed by atoms with E-state index in [0.717, 1.165) is 12.8 Å². The van der Waals surface area contributed by atoms with Gasteiger partial charge in [0.1, 0.15) is 5.75 Å². The Balaban J connectivity index is 2.04. The first-order valence-electron chi connectivity index (χ1n) is 6.16. The standard InChI is InChI=1S/C13H16F2N2O2/c14-13(15)19-11-4-2-1-3-10(11)17-12(18)8-5-6-9(16)7-8/h1-4,8-9,13H,5-7,16H2,(H,17,18). The van der Waals surface area contributed by atoms with E-state index in [2.05, 4.69) is 10.1 Å². The Hall–Kier alpha value is -1.69. The van der Waals surface area contributed by atoms with Crippen LogP contribution in [0.1, 0.15) is 19.3 Å². The quantitative estimate of drug-likeness (QED) is 0.882. The fraction of sp³-hybridized carbons (Fsp3) is 0.462. The second kappa shape index (κ2) is 5.97. The number of amides is 1. The average molecular weight is 270 g/mol. The normalized spacial score (nSPS) is 22.5. The maximum Gasteiger partial charge on any atom is 0.387 e. The van der Waals surface area contributed by atoms with Crippen molar-refractivity contribution in [3.05, 3.63) is 24.3 Å². The van der Waals surface area contributed by atoms with Crippen LogP contribution >= 0.6 is 0 Å². The van der Waals surface area contributed by atoms with Crippen LogP contribution in [0.2, 0.25) is 0 Å². The van der Waals surface area contributed by atoms with Crippen molar-refractivity contribution in [3.63, 3.8) is 0 Å². The number of alkyl halides is 2. The molecule has 2 rings (SSSR count). The van der Waals surface area contributed by atoms with Gasteiger partial charge in [0.2, 0.25) is 5.91 Å². The number of ether oxygens (including phenoxy) is 1. The lowest BCUT2D eigenvalue weighted by molar-refractivity contribution is -0.119. The molecule has 3 N–H and O–H groups in total. The van der Waals surface area contributed by atoms with E-state index in [9.17, 15) is 13.6 Å². The average Bonchev–Trinajstić information content (AvgIpc) is 2.78. The number of para-hydroxylation sites is 2. The van der Waals surface area contributed by atoms with Crippen LogP contribution in [0.25, 0.3) is 0 Å². The summed E-state index contributed by atoms with van der Waals surface area (Å²) >= 11 is 0. The second-order valence-corrected chi connectivity index (χ2v) is 4.63. The fourth-order valence-corrected chi connectivity index (χ4v) is 2.26. The minimum Gasteiger partial charge on any atom is -0.433 e. The zero-order chi connectivity index (χ0) is 13.8. The molecule has 0 heterocycles. The number of hydrogen-bond donors (Lipinski definition) is 2. The van der Waals surface area contributed by atoms with Gasteiger partial charge in [0.25, 0.3) is 0 Å². The molecule has 104 valence electrons. The topological polar surface area (TPSA) is 64.4 Å². The zero-order valence-electron chi connectivity index (χ0n) is 10.3. The van der Waals surface area contributed by atoms with Crippen molar-refractivity contribution in [1.29, 1.82) is 0 Å². The lowest BCUT2D eigenvalue weighted by atomic mass is 10.1. The molecule has 0 radical (unpaired) electrons. The number of nitrogens with two attached hydrogens (primary N) is 1. The highest BCUT2D eigenvalue weighted by molar-refractivity contribution is 5.94. The smallest absolute Gasteiger partial charge is 0.387 e. The van der Waals surface area contributed by atoms with Crippen molar-refractivity contribution in [2.45, 2.75) is 31.9 Å². The Morgan fingerprint density at radius 1 is 1.37 bits per heavy atom. The molecular formula is C13H16F2N2O2. The van der Waals surface area contributed by atoms with Gasteiger partial charge in [-0.05, 0) is 31.4 Å². The SMILES string of the molecule is NC1CCC(C(=O)Nc2ccccc2OC(F)F)C1. The number of nitrogens with one attached hydrogen (secondary N) is 1. The first kappa shape index (κ1) is 13.7. The highest BCUT2D eigenvalue weighted by Gasteiger charge is 2.28. The Morgan fingerprint density at radius 3 is 2.74 bits per heavy atom. The number of hydrogen-bond acceptors (Lipinski definition) is 3. The third-order valence-electron chi connectivity index (χ3n) is 3.20. The summed E-state index contributed by atoms with van der Waals surface area (Å²) in [5.41, 5.74) is 6.01. The molecule has 0 saturated heterocycles. The Morgan fingerprint density at radius 2 is 2.11 bits per heavy atom. The molecule has 1 aliphatic rings. The summed E-state index contributed by atoms with van der Waals surface area (Å²) in [6.07, 6.45) is 2.17. The van der Waals surface area contributed by atoms with Crippen LogP contribution in [0.5, 0.6) is 5.75 Å². The molecule has 1 amide bonds. The second-order valence-electron chi connectivity index (χ2n) is 4.63. The predicted molar refractivity (Wildman–Crippen MR) is 67.0 cm³/mol. The van der Waals surface area contributed by atoms with Crippen molar-refractivity contribution in [2.75, 3.05) is 5.32 Å². The molecule has 4 nitrogen and oxygen atoms in total. The molecule has 1 aromatic carbocycles. The Bertz CT molecular complexity index is 454. The number of carbonyl (C=O) groups excluding carboxylic acids is 1. The molecule has 1 aliphatic carbocycles. The third kappa shape index (κ3) is 3.64. The van der Waals surface area contributed by atoms with Gasteiger partial charge in [0.15, 0.2) is 0 Å². The first-order chi connectivity index (χ1) is 9.06. The van der Waals surface area contributed by atoms with Gasteiger partial charge in [-0.1, -0.05) is 12.1 Å². The van der Waals surface area contributed by atoms with E-state index in [0.29, 0.717) is 6.42 Å². The van der Waals surface area contributed by atoms with E-state index in [1.54, 1.807) is 12.1 Å². The van der Waals surface area contributed by atoms with Crippen LogP contribution in [0.3, 0.4) is 0 Å². The van der Waals surface area contributed by atoms with Crippen molar-refractivity contribution in [3.8, 4) is 5.75 Å². The number of halogens is 2. The third-order valence-corrected chi connectivity index (χ3v) is 3.20. The van der Waals surface area contributed by atoms with Crippen LogP contribution in [0.4, 0.5) is 14.5 Å². The number of carbonyl (C=O) groups is 1. The lowest BCUT2D eigenvalue weighted by Crippen LogP contribution is -2.23. The zero-order valence-corrected chi connectivity index (χ0v) is 10.3. The van der Waals surface area contributed by atoms with Crippen LogP contribution in [0.15, 0.2) is 24.3 Å². The molecule has 2 unspecified atom stereocenters. The molecule has 0 aromatic heterocycles. The molecule has 6 heteroatoms. The van der Waals surface area contributed by atoms with Crippen LogP contribution in [-0.2, 0) is 4.79 Å². The Kier molecular flexibility index (Phi) is 4.31. The minimum atomic E-state index is -2.92. The van der Waals surface area contributed by atoms with Gasteiger partial charge in [-0.25, -0.2) is 0 Å². The molecule has 0 bridgehead atoms. The van der Waals surface area contributed by atoms with Crippen LogP contribution in [0, 0.1) is 5.92 Å². The van der Waals surface area contributed by atoms with Gasteiger partial charge < -0.3 is 15.8 Å². The number of anilines is 1. The summed E-state index contributed by atoms with van der Waals surface area (Å²) in [4.78, 5) is 12.0. The molecule has 2 atom stereocenters. The molecular weight excluding hydrogens is 254 g/mol. The summed E-state index contributed by atoms with van der Waals surface area (Å²) in [5, 5.41) is 2.63. The monoisotopic (exact) mass is 270 g/mol. The Labute approximate surface area is 109 Å². The van der Waals surface area contributed by atoms with E-state index in [4.69, 9.17) is 5.73 Å². The first-order valence-corrected chi connectivity index (χ1v) is 6.16. The molecule has 1 fully saturated rings. The summed E-state index contributed by atoms with van der Waals surface area (Å²) < 4.78 is 28.8. The van der Waals surface area contributed by atoms with E-state index in [1.165, 1.54) is 12.1 Å². The number of benzene rings is 1. The fourth-order valence-electron chi connectivity index (χ4n) is 2.26. The van der Waals surface area contributed by atoms with Crippen molar-refractivity contribution in [2.24, 2.45) is 11.7 Å². The highest BCUT2D eigenvalue weighted by atomic mass is 19.3. The van der Waals surface area contributed by atoms with Gasteiger partial charge >= 0.3 is 6.61 Å². The molecule has 19 heavy (non-hydrogen) atoms. The summed E-state index contributed by atoms with van der Waals surface area (Å²) in [7, 11) is 0. The summed E-state index contributed by atoms with van der Waals surface area (Å²) in [6.45, 7) is -2.92. The van der Waals surface area contributed by atoms with E-state index in [-0.39, 0.29) is 29.3 Å². The molecule has 1 aromatic rings. The van der Waals surface area contributed by atoms with Crippen molar-refractivity contribution < 1.29 is 18.3 Å². The lowest BCUT2D eigenvalue weighted by Gasteiger charge is -2.14. The van der Waals surface area contributed by atoms with E-state index in [1.807, 2.05) is 0 Å². The molecule has 0 aliphatic heterocycles. The largest absolute Gasteiger partial charge is 0.433 e. The molecule has 0 spiro atoms. The van der Waals surface area contributed by atoms with E-state index < -0.39 is 6.61 Å². The predicted octanol–water partition coefficient (Wildman–Crippen LogP) is 2.35.